The van der Waals surface area contributed by atoms with E-state index in [1.54, 1.807) is 13.2 Å². The van der Waals surface area contributed by atoms with Gasteiger partial charge in [-0.2, -0.15) is 0 Å². The average molecular weight is 802 g/mol. The Morgan fingerprint density at radius 2 is 1.61 bits per heavy atom. The van der Waals surface area contributed by atoms with Crippen LogP contribution in [0, 0.1) is 35.5 Å². The van der Waals surface area contributed by atoms with Crippen LogP contribution in [-0.4, -0.2) is 62.5 Å². The summed E-state index contributed by atoms with van der Waals surface area (Å²) in [5, 5.41) is 10.8. The largest absolute Gasteiger partial charge is 0.496 e. The molecule has 4 aliphatic carbocycles. The van der Waals surface area contributed by atoms with E-state index in [0.717, 1.165) is 34.3 Å². The van der Waals surface area contributed by atoms with E-state index < -0.39 is 26.2 Å². The molecule has 4 atom stereocenters. The van der Waals surface area contributed by atoms with Crippen molar-refractivity contribution < 1.29 is 38.1 Å². The number of amides is 1. The quantitative estimate of drug-likeness (QED) is 0.0743. The van der Waals surface area contributed by atoms with Gasteiger partial charge in [-0.1, -0.05) is 69.6 Å². The number of nitrogens with zero attached hydrogens (tertiary/aromatic N) is 1. The van der Waals surface area contributed by atoms with Crippen LogP contribution in [0.3, 0.4) is 0 Å². The zero-order valence-corrected chi connectivity index (χ0v) is 35.9. The number of benzene rings is 2. The van der Waals surface area contributed by atoms with Crippen molar-refractivity contribution in [2.24, 2.45) is 35.5 Å². The van der Waals surface area contributed by atoms with Gasteiger partial charge in [-0.05, 0) is 115 Å². The fraction of sp³-hybridized carbons (Fsp3) is 0.533. The van der Waals surface area contributed by atoms with Crippen LogP contribution in [-0.2, 0) is 34.9 Å². The lowest BCUT2D eigenvalue weighted by Crippen LogP contribution is -2.65. The summed E-state index contributed by atoms with van der Waals surface area (Å²) in [4.78, 5) is 39.9. The number of carboxylic acids is 1. The minimum Gasteiger partial charge on any atom is -0.496 e. The highest BCUT2D eigenvalue weighted by Crippen LogP contribution is 2.58. The second-order valence-corrected chi connectivity index (χ2v) is 23.3. The predicted molar refractivity (Wildman–Crippen MR) is 220 cm³/mol. The Morgan fingerprint density at radius 1 is 0.982 bits per heavy atom. The third-order valence-corrected chi connectivity index (χ3v) is 18.7. The summed E-state index contributed by atoms with van der Waals surface area (Å²) in [7, 11) is 0.883. The fourth-order valence-corrected chi connectivity index (χ4v) is 12.0. The molecule has 2 heterocycles. The second-order valence-electron chi connectivity index (χ2n) is 18.1. The van der Waals surface area contributed by atoms with Crippen LogP contribution in [0.1, 0.15) is 89.0 Å². The van der Waals surface area contributed by atoms with Gasteiger partial charge in [0.1, 0.15) is 23.8 Å². The van der Waals surface area contributed by atoms with E-state index in [0.29, 0.717) is 33.7 Å². The number of ether oxygens (including phenoxy) is 3. The zero-order chi connectivity index (χ0) is 40.4. The lowest BCUT2D eigenvalue weighted by molar-refractivity contribution is -0.162. The van der Waals surface area contributed by atoms with Crippen LogP contribution in [0.25, 0.3) is 17.4 Å². The molecule has 11 heteroatoms. The number of carboxylic acid groups (broad SMARTS) is 1. The Kier molecular flexibility index (Phi) is 10.9. The molecule has 4 bridgehead atoms. The molecule has 5 fully saturated rings. The Hall–Kier alpha value is -3.86. The number of allylic oxidation sites excluding steroid dienone is 1. The fourth-order valence-electron chi connectivity index (χ4n) is 10.3. The summed E-state index contributed by atoms with van der Waals surface area (Å²) in [6.07, 6.45) is 8.82. The Morgan fingerprint density at radius 3 is 2.16 bits per heavy atom. The molecule has 1 saturated heterocycles. The lowest BCUT2D eigenvalue weighted by atomic mass is 9.54. The monoisotopic (exact) mass is 801 g/mol. The third-order valence-electron chi connectivity index (χ3n) is 13.8. The molecule has 6 aliphatic rings. The Balaban J connectivity index is 1.14. The van der Waals surface area contributed by atoms with Crippen LogP contribution >= 0.6 is 11.6 Å². The molecule has 0 aromatic heterocycles. The van der Waals surface area contributed by atoms with Crippen molar-refractivity contribution in [2.75, 3.05) is 14.2 Å². The van der Waals surface area contributed by atoms with Gasteiger partial charge in [-0.3, -0.25) is 4.79 Å². The van der Waals surface area contributed by atoms with E-state index in [2.05, 4.69) is 33.9 Å². The molecule has 1 N–H and O–H groups in total. The van der Waals surface area contributed by atoms with Gasteiger partial charge in [-0.15, -0.1) is 0 Å². The van der Waals surface area contributed by atoms with Gasteiger partial charge in [0, 0.05) is 23.1 Å². The van der Waals surface area contributed by atoms with E-state index >= 15 is 0 Å². The van der Waals surface area contributed by atoms with Gasteiger partial charge >= 0.3 is 11.9 Å². The number of halogens is 1. The minimum absolute atomic E-state index is 0.0235. The summed E-state index contributed by atoms with van der Waals surface area (Å²) in [6, 6.07) is 11.2. The summed E-state index contributed by atoms with van der Waals surface area (Å²) in [5.74, 6) is 1.45. The molecule has 0 unspecified atom stereocenters. The number of methoxy groups -OCH3 is 2. The van der Waals surface area contributed by atoms with Crippen molar-refractivity contribution in [3.63, 3.8) is 0 Å². The van der Waals surface area contributed by atoms with Crippen molar-refractivity contribution in [1.82, 2.24) is 4.90 Å². The first-order chi connectivity index (χ1) is 26.4. The zero-order valence-electron chi connectivity index (χ0n) is 34.1. The molecule has 300 valence electrons. The molecule has 0 spiro atoms. The topological polar surface area (TPSA) is 112 Å². The number of esters is 1. The van der Waals surface area contributed by atoms with Gasteiger partial charge in [-0.25, -0.2) is 9.59 Å². The first-order valence-corrected chi connectivity index (χ1v) is 23.3. The SMILES string of the molecule is COC(=O)/C=C/c1ccc(C(OC)=C2[C@H]3CC4CC(C3)C[C@@H]2C4)c(Cl)c1OCc1ccc(C2=C(C(=O)O)N3C(=O)[C@H]([C@@H](C)O[Si](C)(C)C(C)(C)C)[C@H]3[C@H]2C)cc1. The van der Waals surface area contributed by atoms with Gasteiger partial charge in [0.25, 0.3) is 0 Å². The van der Waals surface area contributed by atoms with Crippen LogP contribution in [0.2, 0.25) is 23.2 Å². The number of β-lactam (4-membered cyclic amide) rings is 1. The molecule has 4 saturated carbocycles. The highest BCUT2D eigenvalue weighted by atomic mass is 35.5. The smallest absolute Gasteiger partial charge is 0.352 e. The Bertz CT molecular complexity index is 1980. The molecular formula is C45H56ClNO8Si. The van der Waals surface area contributed by atoms with Crippen molar-refractivity contribution in [3.8, 4) is 5.75 Å². The molecule has 9 nitrogen and oxygen atoms in total. The van der Waals surface area contributed by atoms with Gasteiger partial charge in [0.05, 0.1) is 37.3 Å². The predicted octanol–water partition coefficient (Wildman–Crippen LogP) is 9.60. The Labute approximate surface area is 337 Å². The number of fused-ring (bicyclic) bond motifs is 1. The molecule has 2 aliphatic heterocycles. The molecule has 1 amide bonds. The van der Waals surface area contributed by atoms with E-state index in [-0.39, 0.29) is 41.3 Å². The van der Waals surface area contributed by atoms with Gasteiger partial charge in [0.15, 0.2) is 8.32 Å². The standard InChI is InChI=1S/C45H56ClNO8Si/c1-24-35(40(44(50)51)47-39(24)36(43(47)49)25(2)55-56(8,9)45(3,4)5)29-12-10-26(11-13-29)23-54-41-30(15-17-34(48)52-6)14-16-33(38(41)46)42(53-7)37-31-19-27-18-28(21-31)22-32(37)20-27/h10-17,24-25,27-28,31-32,36,39H,18-23H2,1-9H3,(H,50,51)/b17-15+,42-37?/t24-,25+,27?,28?,31-,32-,36+,39+/m0/s1. The van der Waals surface area contributed by atoms with Gasteiger partial charge in [0.2, 0.25) is 5.91 Å². The summed E-state index contributed by atoms with van der Waals surface area (Å²) >= 11 is 7.24. The summed E-state index contributed by atoms with van der Waals surface area (Å²) in [5.41, 5.74) is 5.04. The molecule has 2 aromatic rings. The number of hydrogen-bond donors (Lipinski definition) is 1. The van der Waals surface area contributed by atoms with E-state index in [1.807, 2.05) is 50.2 Å². The molecule has 8 rings (SSSR count). The van der Waals surface area contributed by atoms with Crippen LogP contribution in [0.15, 0.2) is 53.7 Å². The number of rotatable bonds is 12. The maximum Gasteiger partial charge on any atom is 0.352 e. The molecule has 2 aromatic carbocycles. The number of carbonyl (C=O) groups is 3. The number of carbonyl (C=O) groups excluding carboxylic acids is 2. The molecule has 56 heavy (non-hydrogen) atoms. The van der Waals surface area contributed by atoms with Crippen molar-refractivity contribution in [1.29, 1.82) is 0 Å². The molecule has 0 radical (unpaired) electrons. The van der Waals surface area contributed by atoms with Crippen molar-refractivity contribution >= 4 is 55.2 Å². The summed E-state index contributed by atoms with van der Waals surface area (Å²) < 4.78 is 24.1. The van der Waals surface area contributed by atoms with Crippen LogP contribution < -0.4 is 4.74 Å². The van der Waals surface area contributed by atoms with E-state index in [9.17, 15) is 19.5 Å². The first-order valence-electron chi connectivity index (χ1n) is 20.0. The second kappa shape index (κ2) is 15.1. The van der Waals surface area contributed by atoms with Crippen LogP contribution in [0.4, 0.5) is 0 Å². The number of aliphatic carboxylic acids is 1. The van der Waals surface area contributed by atoms with Crippen molar-refractivity contribution in [2.45, 2.75) is 104 Å². The first kappa shape index (κ1) is 40.3. The molecular weight excluding hydrogens is 746 g/mol. The van der Waals surface area contributed by atoms with E-state index in [1.165, 1.54) is 55.8 Å². The highest BCUT2D eigenvalue weighted by Gasteiger charge is 2.61. The maximum atomic E-state index is 13.6. The highest BCUT2D eigenvalue weighted by molar-refractivity contribution is 6.74. The maximum absolute atomic E-state index is 13.6. The van der Waals surface area contributed by atoms with Crippen LogP contribution in [0.5, 0.6) is 5.75 Å². The average Bonchev–Trinajstić information content (AvgIpc) is 3.39. The minimum atomic E-state index is -2.16. The lowest BCUT2D eigenvalue weighted by Gasteiger charge is -2.51. The third kappa shape index (κ3) is 7.04. The van der Waals surface area contributed by atoms with E-state index in [4.69, 9.17) is 30.2 Å². The summed E-state index contributed by atoms with van der Waals surface area (Å²) in [6.45, 7) is 15.0. The van der Waals surface area contributed by atoms with Gasteiger partial charge < -0.3 is 28.6 Å². The number of hydrogen-bond acceptors (Lipinski definition) is 7. The van der Waals surface area contributed by atoms with Crippen molar-refractivity contribution in [3.05, 3.63) is 81.0 Å². The normalized spacial score (nSPS) is 27.4.